The van der Waals surface area contributed by atoms with Gasteiger partial charge < -0.3 is 10.0 Å². The number of nitrogens with zero attached hydrogens (tertiary/aromatic N) is 2. The van der Waals surface area contributed by atoms with Gasteiger partial charge in [-0.2, -0.15) is 0 Å². The van der Waals surface area contributed by atoms with Crippen LogP contribution in [0.25, 0.3) is 0 Å². The van der Waals surface area contributed by atoms with Crippen molar-refractivity contribution >= 4 is 0 Å². The monoisotopic (exact) mass is 226 g/mol. The first-order valence-electron chi connectivity index (χ1n) is 6.74. The molecule has 0 aromatic heterocycles. The van der Waals surface area contributed by atoms with E-state index < -0.39 is 0 Å². The molecule has 2 rings (SSSR count). The Labute approximate surface area is 99.4 Å². The number of β-amino-alcohol motifs (C(OH)–C–C–N with tert-alkyl or cyclic N) is 1. The maximum Gasteiger partial charge on any atom is 0.0774 e. The average Bonchev–Trinajstić information content (AvgIpc) is 2.24. The first-order valence-corrected chi connectivity index (χ1v) is 6.74. The second kappa shape index (κ2) is 5.03. The highest BCUT2D eigenvalue weighted by molar-refractivity contribution is 4.88. The Morgan fingerprint density at radius 3 is 2.50 bits per heavy atom. The highest BCUT2D eigenvalue weighted by atomic mass is 16.3. The summed E-state index contributed by atoms with van der Waals surface area (Å²) in [4.78, 5) is 4.86. The van der Waals surface area contributed by atoms with E-state index in [2.05, 4.69) is 23.8 Å². The van der Waals surface area contributed by atoms with Gasteiger partial charge in [0.2, 0.25) is 0 Å². The zero-order valence-corrected chi connectivity index (χ0v) is 10.8. The molecule has 16 heavy (non-hydrogen) atoms. The molecule has 3 heteroatoms. The van der Waals surface area contributed by atoms with Crippen LogP contribution in [0.3, 0.4) is 0 Å². The number of hydrogen-bond acceptors (Lipinski definition) is 3. The molecule has 94 valence electrons. The van der Waals surface area contributed by atoms with Gasteiger partial charge in [0, 0.05) is 32.2 Å². The standard InChI is InChI=1S/C13H26N2O/c1-12-10-15(9-8-14(12)2)11-13(16)6-4-3-5-7-13/h12,16H,3-11H2,1-2H3. The molecule has 2 aliphatic rings. The highest BCUT2D eigenvalue weighted by Crippen LogP contribution is 2.29. The van der Waals surface area contributed by atoms with Crippen molar-refractivity contribution in [1.29, 1.82) is 0 Å². The molecule has 0 amide bonds. The predicted octanol–water partition coefficient (Wildman–Crippen LogP) is 1.32. The smallest absolute Gasteiger partial charge is 0.0774 e. The second-order valence-corrected chi connectivity index (χ2v) is 5.85. The fourth-order valence-electron chi connectivity index (χ4n) is 3.05. The summed E-state index contributed by atoms with van der Waals surface area (Å²) in [7, 11) is 2.19. The van der Waals surface area contributed by atoms with E-state index in [0.29, 0.717) is 6.04 Å². The third kappa shape index (κ3) is 2.96. The summed E-state index contributed by atoms with van der Waals surface area (Å²) in [5.41, 5.74) is -0.381. The maximum atomic E-state index is 10.5. The van der Waals surface area contributed by atoms with Crippen molar-refractivity contribution in [3.8, 4) is 0 Å². The normalized spacial score (nSPS) is 32.8. The van der Waals surface area contributed by atoms with E-state index in [1.165, 1.54) is 19.3 Å². The van der Waals surface area contributed by atoms with Crippen molar-refractivity contribution in [2.24, 2.45) is 0 Å². The van der Waals surface area contributed by atoms with E-state index in [1.807, 2.05) is 0 Å². The Morgan fingerprint density at radius 1 is 1.19 bits per heavy atom. The Balaban J connectivity index is 1.84. The third-order valence-electron chi connectivity index (χ3n) is 4.35. The largest absolute Gasteiger partial charge is 0.389 e. The van der Waals surface area contributed by atoms with E-state index in [9.17, 15) is 5.11 Å². The van der Waals surface area contributed by atoms with Gasteiger partial charge in [0.15, 0.2) is 0 Å². The molecule has 1 aliphatic carbocycles. The van der Waals surface area contributed by atoms with Crippen LogP contribution in [0.5, 0.6) is 0 Å². The lowest BCUT2D eigenvalue weighted by Gasteiger charge is -2.42. The minimum absolute atomic E-state index is 0.381. The first kappa shape index (κ1) is 12.3. The van der Waals surface area contributed by atoms with Gasteiger partial charge in [-0.25, -0.2) is 0 Å². The number of piperazine rings is 1. The number of likely N-dealkylation sites (N-methyl/N-ethyl adjacent to an activating group) is 1. The van der Waals surface area contributed by atoms with Gasteiger partial charge in [0.25, 0.3) is 0 Å². The zero-order chi connectivity index (χ0) is 11.6. The van der Waals surface area contributed by atoms with Gasteiger partial charge >= 0.3 is 0 Å². The molecule has 1 heterocycles. The molecule has 0 spiro atoms. The van der Waals surface area contributed by atoms with Crippen LogP contribution in [0, 0.1) is 0 Å². The molecule has 1 N–H and O–H groups in total. The van der Waals surface area contributed by atoms with E-state index in [4.69, 9.17) is 0 Å². The summed E-state index contributed by atoms with van der Waals surface area (Å²) < 4.78 is 0. The topological polar surface area (TPSA) is 26.7 Å². The zero-order valence-electron chi connectivity index (χ0n) is 10.8. The van der Waals surface area contributed by atoms with Crippen LogP contribution in [0.15, 0.2) is 0 Å². The lowest BCUT2D eigenvalue weighted by atomic mass is 9.84. The quantitative estimate of drug-likeness (QED) is 0.769. The molecule has 1 saturated carbocycles. The first-order chi connectivity index (χ1) is 7.59. The Hall–Kier alpha value is -0.120. The Bertz CT molecular complexity index is 226. The minimum Gasteiger partial charge on any atom is -0.389 e. The fraction of sp³-hybridized carbons (Fsp3) is 1.00. The molecule has 1 unspecified atom stereocenters. The number of aliphatic hydroxyl groups is 1. The third-order valence-corrected chi connectivity index (χ3v) is 4.35. The van der Waals surface area contributed by atoms with Crippen molar-refractivity contribution in [2.45, 2.75) is 50.7 Å². The molecule has 1 aliphatic heterocycles. The Kier molecular flexibility index (Phi) is 3.88. The molecule has 0 aromatic rings. The summed E-state index contributed by atoms with van der Waals surface area (Å²) in [6.45, 7) is 6.53. The lowest BCUT2D eigenvalue weighted by Crippen LogP contribution is -2.54. The highest BCUT2D eigenvalue weighted by Gasteiger charge is 2.33. The van der Waals surface area contributed by atoms with Gasteiger partial charge in [0.05, 0.1) is 5.60 Å². The van der Waals surface area contributed by atoms with Crippen LogP contribution >= 0.6 is 0 Å². The van der Waals surface area contributed by atoms with Crippen LogP contribution in [-0.4, -0.2) is 59.8 Å². The molecule has 0 bridgehead atoms. The van der Waals surface area contributed by atoms with Crippen LogP contribution in [0.2, 0.25) is 0 Å². The van der Waals surface area contributed by atoms with Crippen LogP contribution in [-0.2, 0) is 0 Å². The molecule has 3 nitrogen and oxygen atoms in total. The summed E-state index contributed by atoms with van der Waals surface area (Å²) >= 11 is 0. The van der Waals surface area contributed by atoms with Gasteiger partial charge in [-0.3, -0.25) is 4.90 Å². The van der Waals surface area contributed by atoms with Gasteiger partial charge in [-0.1, -0.05) is 19.3 Å². The molecule has 1 saturated heterocycles. The van der Waals surface area contributed by atoms with Crippen LogP contribution in [0.1, 0.15) is 39.0 Å². The summed E-state index contributed by atoms with van der Waals surface area (Å²) in [5.74, 6) is 0. The van der Waals surface area contributed by atoms with Crippen molar-refractivity contribution in [1.82, 2.24) is 9.80 Å². The fourth-order valence-corrected chi connectivity index (χ4v) is 3.05. The van der Waals surface area contributed by atoms with E-state index in [0.717, 1.165) is 39.0 Å². The van der Waals surface area contributed by atoms with Crippen molar-refractivity contribution < 1.29 is 5.11 Å². The Morgan fingerprint density at radius 2 is 1.88 bits per heavy atom. The molecule has 1 atom stereocenters. The van der Waals surface area contributed by atoms with Gasteiger partial charge in [-0.15, -0.1) is 0 Å². The molecular formula is C13H26N2O. The lowest BCUT2D eigenvalue weighted by molar-refractivity contribution is -0.0399. The number of rotatable bonds is 2. The predicted molar refractivity (Wildman–Crippen MR) is 66.6 cm³/mol. The van der Waals surface area contributed by atoms with E-state index in [-0.39, 0.29) is 5.60 Å². The average molecular weight is 226 g/mol. The van der Waals surface area contributed by atoms with Gasteiger partial charge in [0.1, 0.15) is 0 Å². The molecular weight excluding hydrogens is 200 g/mol. The SMILES string of the molecule is CC1CN(CC2(O)CCCCC2)CCN1C. The van der Waals surface area contributed by atoms with Crippen molar-refractivity contribution in [3.63, 3.8) is 0 Å². The van der Waals surface area contributed by atoms with Crippen LogP contribution < -0.4 is 0 Å². The minimum atomic E-state index is -0.381. The summed E-state index contributed by atoms with van der Waals surface area (Å²) in [6.07, 6.45) is 5.74. The molecule has 2 fully saturated rings. The van der Waals surface area contributed by atoms with Crippen LogP contribution in [0.4, 0.5) is 0 Å². The summed E-state index contributed by atoms with van der Waals surface area (Å²) in [5, 5.41) is 10.5. The van der Waals surface area contributed by atoms with E-state index >= 15 is 0 Å². The number of hydrogen-bond donors (Lipinski definition) is 1. The maximum absolute atomic E-state index is 10.5. The van der Waals surface area contributed by atoms with E-state index in [1.54, 1.807) is 0 Å². The second-order valence-electron chi connectivity index (χ2n) is 5.85. The summed E-state index contributed by atoms with van der Waals surface area (Å²) in [6, 6.07) is 0.626. The molecule has 0 aromatic carbocycles. The van der Waals surface area contributed by atoms with Gasteiger partial charge in [-0.05, 0) is 26.8 Å². The van der Waals surface area contributed by atoms with Crippen molar-refractivity contribution in [3.05, 3.63) is 0 Å². The molecule has 0 radical (unpaired) electrons. The van der Waals surface area contributed by atoms with Crippen molar-refractivity contribution in [2.75, 3.05) is 33.2 Å².